The summed E-state index contributed by atoms with van der Waals surface area (Å²) >= 11 is 0. The Morgan fingerprint density at radius 2 is 1.14 bits per heavy atom. The number of halogens is 3. The van der Waals surface area contributed by atoms with E-state index in [1.807, 2.05) is 45.0 Å². The molecule has 3 aromatic carbocycles. The Hall–Kier alpha value is -6.33. The second-order valence-electron chi connectivity index (χ2n) is 17.0. The second kappa shape index (κ2) is 19.4. The minimum absolute atomic E-state index is 0.252. The van der Waals surface area contributed by atoms with E-state index in [0.29, 0.717) is 68.7 Å². The van der Waals surface area contributed by atoms with E-state index < -0.39 is 53.4 Å². The molecule has 3 aliphatic heterocycles. The Bertz CT molecular complexity index is 2150. The standard InChI is InChI=1S/C45H54F3N7O8/c1-44(2,3)38(52-43(61)63-5)41(59)54-25-7-9-36(54)40(58)51-31-18-12-28(13-19-31)34-23-22-33(55(34)32-20-14-29(15-21-32)45(46,47)48)27-10-16-30(17-11-27)50-39(57)35-8-6-24-53(35)37(56)26-49-42(60)62-4/h10-21,33-36,38H,6-9,22-26H2,1-5H3,(H,49,60)(H,50,57)(H,51,58)(H,52,61). The van der Waals surface area contributed by atoms with Crippen molar-refractivity contribution in [1.82, 2.24) is 20.4 Å². The predicted octanol–water partition coefficient (Wildman–Crippen LogP) is 6.77. The van der Waals surface area contributed by atoms with Crippen LogP contribution < -0.4 is 26.2 Å². The fraction of sp³-hybridized carbons (Fsp3) is 0.467. The van der Waals surface area contributed by atoms with Gasteiger partial charge in [0.1, 0.15) is 24.7 Å². The van der Waals surface area contributed by atoms with E-state index >= 15 is 0 Å². The number of alkyl carbamates (subject to hydrolysis) is 2. The zero-order valence-electron chi connectivity index (χ0n) is 35.9. The highest BCUT2D eigenvalue weighted by Crippen LogP contribution is 2.47. The molecule has 338 valence electrons. The molecule has 3 aliphatic rings. The number of nitrogens with zero attached hydrogens (tertiary/aromatic N) is 3. The van der Waals surface area contributed by atoms with Gasteiger partial charge < -0.3 is 45.4 Å². The molecule has 0 bridgehead atoms. The highest BCUT2D eigenvalue weighted by atomic mass is 19.4. The molecule has 3 saturated heterocycles. The highest BCUT2D eigenvalue weighted by Gasteiger charge is 2.43. The number of hydrogen-bond donors (Lipinski definition) is 4. The van der Waals surface area contributed by atoms with Gasteiger partial charge in [0, 0.05) is 30.2 Å². The number of methoxy groups -OCH3 is 2. The van der Waals surface area contributed by atoms with Crippen LogP contribution in [0.1, 0.15) is 88.1 Å². The number of hydrogen-bond acceptors (Lipinski definition) is 9. The molecule has 4 N–H and O–H groups in total. The number of benzene rings is 3. The van der Waals surface area contributed by atoms with Gasteiger partial charge in [-0.1, -0.05) is 45.0 Å². The van der Waals surface area contributed by atoms with E-state index in [2.05, 4.69) is 30.9 Å². The summed E-state index contributed by atoms with van der Waals surface area (Å²) in [5, 5.41) is 10.8. The minimum atomic E-state index is -4.51. The smallest absolute Gasteiger partial charge is 0.416 e. The fourth-order valence-corrected chi connectivity index (χ4v) is 8.63. The van der Waals surface area contributed by atoms with Crippen molar-refractivity contribution < 1.29 is 51.4 Å². The van der Waals surface area contributed by atoms with Crippen LogP contribution in [0.4, 0.5) is 39.8 Å². The molecule has 63 heavy (non-hydrogen) atoms. The Balaban J connectivity index is 1.17. The van der Waals surface area contributed by atoms with Crippen molar-refractivity contribution in [2.75, 3.05) is 49.4 Å². The molecule has 5 unspecified atom stereocenters. The maximum atomic E-state index is 13.7. The van der Waals surface area contributed by atoms with Gasteiger partial charge >= 0.3 is 18.4 Å². The zero-order valence-corrected chi connectivity index (χ0v) is 35.9. The average Bonchev–Trinajstić information content (AvgIpc) is 4.05. The summed E-state index contributed by atoms with van der Waals surface area (Å²) in [7, 11) is 2.40. The van der Waals surface area contributed by atoms with Crippen molar-refractivity contribution in [2.24, 2.45) is 5.41 Å². The van der Waals surface area contributed by atoms with Crippen LogP contribution in [-0.4, -0.2) is 97.6 Å². The first-order valence-corrected chi connectivity index (χ1v) is 20.9. The van der Waals surface area contributed by atoms with Gasteiger partial charge in [-0.2, -0.15) is 13.2 Å². The number of anilines is 3. The minimum Gasteiger partial charge on any atom is -0.453 e. The van der Waals surface area contributed by atoms with Crippen LogP contribution in [0.5, 0.6) is 0 Å². The molecule has 6 rings (SSSR count). The lowest BCUT2D eigenvalue weighted by molar-refractivity contribution is -0.140. The third kappa shape index (κ3) is 10.8. The summed E-state index contributed by atoms with van der Waals surface area (Å²) in [6.07, 6.45) is -2.56. The van der Waals surface area contributed by atoms with E-state index in [9.17, 15) is 41.9 Å². The largest absolute Gasteiger partial charge is 0.453 e. The molecule has 0 spiro atoms. The number of alkyl halides is 3. The number of likely N-dealkylation sites (tertiary alicyclic amines) is 2. The van der Waals surface area contributed by atoms with Crippen LogP contribution in [0.3, 0.4) is 0 Å². The van der Waals surface area contributed by atoms with Crippen LogP contribution in [0.15, 0.2) is 72.8 Å². The quantitative estimate of drug-likeness (QED) is 0.162. The van der Waals surface area contributed by atoms with Crippen molar-refractivity contribution in [3.05, 3.63) is 89.5 Å². The maximum absolute atomic E-state index is 13.7. The molecule has 0 aliphatic carbocycles. The Morgan fingerprint density at radius 1 is 0.667 bits per heavy atom. The topological polar surface area (TPSA) is 179 Å². The average molecular weight is 878 g/mol. The lowest BCUT2D eigenvalue weighted by atomic mass is 9.85. The maximum Gasteiger partial charge on any atom is 0.416 e. The van der Waals surface area contributed by atoms with Gasteiger partial charge in [-0.3, -0.25) is 19.2 Å². The number of carbonyl (C=O) groups is 6. The monoisotopic (exact) mass is 877 g/mol. The van der Waals surface area contributed by atoms with Crippen molar-refractivity contribution in [1.29, 1.82) is 0 Å². The summed E-state index contributed by atoms with van der Waals surface area (Å²) in [5.74, 6) is -1.52. The first-order valence-electron chi connectivity index (χ1n) is 20.9. The van der Waals surface area contributed by atoms with Crippen molar-refractivity contribution in [3.8, 4) is 0 Å². The first kappa shape index (κ1) is 46.2. The second-order valence-corrected chi connectivity index (χ2v) is 17.0. The molecule has 5 atom stereocenters. The molecular formula is C45H54F3N7O8. The van der Waals surface area contributed by atoms with Gasteiger partial charge in [-0.05, 0) is 104 Å². The number of amides is 6. The normalized spacial score (nSPS) is 20.5. The van der Waals surface area contributed by atoms with Gasteiger partial charge in [0.15, 0.2) is 0 Å². The fourth-order valence-electron chi connectivity index (χ4n) is 8.63. The lowest BCUT2D eigenvalue weighted by Crippen LogP contribution is -2.57. The van der Waals surface area contributed by atoms with Crippen LogP contribution in [0, 0.1) is 5.41 Å². The SMILES string of the molecule is COC(=O)NCC(=O)N1CCCC1C(=O)Nc1ccc(C2CCC(c3ccc(NC(=O)C4CCCN4C(=O)C(NC(=O)OC)C(C)(C)C)cc3)N2c2ccc(C(F)(F)F)cc2)cc1. The van der Waals surface area contributed by atoms with Gasteiger partial charge in [-0.25, -0.2) is 9.59 Å². The van der Waals surface area contributed by atoms with Gasteiger partial charge in [0.25, 0.3) is 0 Å². The van der Waals surface area contributed by atoms with E-state index in [1.165, 1.54) is 36.2 Å². The molecule has 3 heterocycles. The molecular weight excluding hydrogens is 824 g/mol. The third-order valence-corrected chi connectivity index (χ3v) is 11.8. The van der Waals surface area contributed by atoms with Crippen LogP contribution >= 0.6 is 0 Å². The summed E-state index contributed by atoms with van der Waals surface area (Å²) in [5.41, 5.74) is 1.90. The molecule has 3 aromatic rings. The molecule has 15 nitrogen and oxygen atoms in total. The van der Waals surface area contributed by atoms with Crippen LogP contribution in [0.2, 0.25) is 0 Å². The zero-order chi connectivity index (χ0) is 45.6. The summed E-state index contributed by atoms with van der Waals surface area (Å²) in [4.78, 5) is 82.0. The summed E-state index contributed by atoms with van der Waals surface area (Å²) in [6, 6.07) is 16.6. The van der Waals surface area contributed by atoms with E-state index in [0.717, 1.165) is 23.3 Å². The number of carbonyl (C=O) groups excluding carboxylic acids is 6. The molecule has 0 aromatic heterocycles. The summed E-state index contributed by atoms with van der Waals surface area (Å²) < 4.78 is 50.1. The van der Waals surface area contributed by atoms with Gasteiger partial charge in [-0.15, -0.1) is 0 Å². The number of rotatable bonds is 11. The summed E-state index contributed by atoms with van der Waals surface area (Å²) in [6.45, 7) is 5.87. The molecule has 3 fully saturated rings. The number of ether oxygens (including phenoxy) is 2. The number of nitrogens with one attached hydrogen (secondary N) is 4. The van der Waals surface area contributed by atoms with Crippen molar-refractivity contribution >= 4 is 52.9 Å². The lowest BCUT2D eigenvalue weighted by Gasteiger charge is -2.35. The first-order chi connectivity index (χ1) is 29.9. The van der Waals surface area contributed by atoms with Crippen molar-refractivity contribution in [2.45, 2.75) is 95.7 Å². The third-order valence-electron chi connectivity index (χ3n) is 11.8. The Labute approximate surface area is 364 Å². The Kier molecular flexibility index (Phi) is 14.2. The van der Waals surface area contributed by atoms with Gasteiger partial charge in [0.2, 0.25) is 23.6 Å². The predicted molar refractivity (Wildman–Crippen MR) is 227 cm³/mol. The molecule has 18 heteroatoms. The molecule has 6 amide bonds. The van der Waals surface area contributed by atoms with E-state index in [1.54, 1.807) is 24.3 Å². The van der Waals surface area contributed by atoms with Crippen LogP contribution in [-0.2, 0) is 34.8 Å². The van der Waals surface area contributed by atoms with Gasteiger partial charge in [0.05, 0.1) is 31.9 Å². The van der Waals surface area contributed by atoms with Crippen molar-refractivity contribution in [3.63, 3.8) is 0 Å². The molecule has 0 saturated carbocycles. The highest BCUT2D eigenvalue weighted by molar-refractivity contribution is 5.99. The Morgan fingerprint density at radius 3 is 1.60 bits per heavy atom. The van der Waals surface area contributed by atoms with Crippen LogP contribution in [0.25, 0.3) is 0 Å². The van der Waals surface area contributed by atoms with E-state index in [-0.39, 0.29) is 36.3 Å². The van der Waals surface area contributed by atoms with E-state index in [4.69, 9.17) is 4.74 Å². The molecule has 0 radical (unpaired) electrons.